The molecule has 0 aliphatic carbocycles. The van der Waals surface area contributed by atoms with Gasteiger partial charge in [0.25, 0.3) is 0 Å². The Morgan fingerprint density at radius 2 is 1.96 bits per heavy atom. The highest BCUT2D eigenvalue weighted by Crippen LogP contribution is 2.34. The highest BCUT2D eigenvalue weighted by atomic mass is 16.5. The Labute approximate surface area is 156 Å². The fourth-order valence-corrected chi connectivity index (χ4v) is 4.54. The number of rotatable bonds is 6. The maximum Gasteiger partial charge on any atom is 0.222 e. The van der Waals surface area contributed by atoms with E-state index >= 15 is 0 Å². The number of hydrogen-bond acceptors (Lipinski definition) is 4. The Morgan fingerprint density at radius 1 is 1.15 bits per heavy atom. The molecule has 3 atom stereocenters. The second kappa shape index (κ2) is 8.51. The first kappa shape index (κ1) is 18.0. The summed E-state index contributed by atoms with van der Waals surface area (Å²) in [7, 11) is 0. The van der Waals surface area contributed by atoms with Crippen LogP contribution in [0.25, 0.3) is 0 Å². The minimum atomic E-state index is 0.0959. The number of nitrogens with one attached hydrogen (secondary N) is 1. The molecule has 1 N–H and O–H groups in total. The number of ether oxygens (including phenoxy) is 2. The number of benzene rings is 1. The maximum absolute atomic E-state index is 12.2. The van der Waals surface area contributed by atoms with E-state index in [0.717, 1.165) is 58.7 Å². The number of likely N-dealkylation sites (tertiary alicyclic amines) is 1. The van der Waals surface area contributed by atoms with E-state index in [0.29, 0.717) is 24.4 Å². The van der Waals surface area contributed by atoms with Gasteiger partial charge in [0.05, 0.1) is 18.6 Å². The fraction of sp³-hybridized carbons (Fsp3) is 0.667. The van der Waals surface area contributed by atoms with Crippen molar-refractivity contribution in [2.24, 2.45) is 11.8 Å². The molecule has 0 spiro atoms. The van der Waals surface area contributed by atoms with Crippen LogP contribution in [0.1, 0.15) is 31.2 Å². The molecule has 0 bridgehead atoms. The summed E-state index contributed by atoms with van der Waals surface area (Å²) in [5.74, 6) is 1.29. The topological polar surface area (TPSA) is 50.8 Å². The monoisotopic (exact) mass is 358 g/mol. The van der Waals surface area contributed by atoms with Crippen LogP contribution in [0.5, 0.6) is 0 Å². The predicted octanol–water partition coefficient (Wildman–Crippen LogP) is 2.21. The van der Waals surface area contributed by atoms with Gasteiger partial charge in [0.1, 0.15) is 0 Å². The molecule has 1 aromatic rings. The first-order valence-electron chi connectivity index (χ1n) is 10.0. The predicted molar refractivity (Wildman–Crippen MR) is 99.7 cm³/mol. The number of hydrogen-bond donors (Lipinski definition) is 1. The third-order valence-electron chi connectivity index (χ3n) is 5.98. The van der Waals surface area contributed by atoms with E-state index < -0.39 is 0 Å². The number of carbonyl (C=O) groups is 1. The van der Waals surface area contributed by atoms with Crippen LogP contribution in [0.2, 0.25) is 0 Å². The molecule has 3 saturated heterocycles. The molecule has 0 unspecified atom stereocenters. The molecule has 0 saturated carbocycles. The van der Waals surface area contributed by atoms with Crippen LogP contribution in [0.15, 0.2) is 30.3 Å². The summed E-state index contributed by atoms with van der Waals surface area (Å²) >= 11 is 0. The quantitative estimate of drug-likeness (QED) is 0.847. The maximum atomic E-state index is 12.2. The smallest absolute Gasteiger partial charge is 0.222 e. The fourth-order valence-electron chi connectivity index (χ4n) is 4.54. The van der Waals surface area contributed by atoms with Crippen molar-refractivity contribution in [3.8, 4) is 0 Å². The molecule has 3 heterocycles. The van der Waals surface area contributed by atoms with E-state index in [2.05, 4.69) is 40.5 Å². The molecule has 1 aromatic carbocycles. The van der Waals surface area contributed by atoms with Crippen molar-refractivity contribution in [2.75, 3.05) is 32.8 Å². The molecular weight excluding hydrogens is 328 g/mol. The molecule has 5 heteroatoms. The van der Waals surface area contributed by atoms with Crippen LogP contribution in [0.3, 0.4) is 0 Å². The van der Waals surface area contributed by atoms with Gasteiger partial charge < -0.3 is 14.8 Å². The Bertz CT molecular complexity index is 574. The summed E-state index contributed by atoms with van der Waals surface area (Å²) in [6.45, 7) is 5.50. The van der Waals surface area contributed by atoms with Gasteiger partial charge in [-0.25, -0.2) is 0 Å². The van der Waals surface area contributed by atoms with Gasteiger partial charge in [0.15, 0.2) is 0 Å². The van der Waals surface area contributed by atoms with Gasteiger partial charge in [-0.1, -0.05) is 30.3 Å². The summed E-state index contributed by atoms with van der Waals surface area (Å²) in [6.07, 6.45) is 4.03. The van der Waals surface area contributed by atoms with Crippen LogP contribution >= 0.6 is 0 Å². The minimum absolute atomic E-state index is 0.0959. The number of amides is 1. The average molecular weight is 358 g/mol. The lowest BCUT2D eigenvalue weighted by Crippen LogP contribution is -2.34. The van der Waals surface area contributed by atoms with Gasteiger partial charge in [0, 0.05) is 45.3 Å². The van der Waals surface area contributed by atoms with Crippen molar-refractivity contribution in [3.05, 3.63) is 35.9 Å². The largest absolute Gasteiger partial charge is 0.381 e. The van der Waals surface area contributed by atoms with Gasteiger partial charge in [-0.3, -0.25) is 9.69 Å². The first-order valence-corrected chi connectivity index (χ1v) is 10.0. The Morgan fingerprint density at radius 3 is 2.73 bits per heavy atom. The zero-order chi connectivity index (χ0) is 17.8. The first-order chi connectivity index (χ1) is 12.8. The van der Waals surface area contributed by atoms with Crippen molar-refractivity contribution < 1.29 is 14.3 Å². The number of carbonyl (C=O) groups excluding carboxylic acids is 1. The molecular formula is C21H30N2O3. The number of nitrogens with zero attached hydrogens (tertiary/aromatic N) is 1. The lowest BCUT2D eigenvalue weighted by atomic mass is 9.99. The molecule has 3 aliphatic rings. The van der Waals surface area contributed by atoms with Crippen molar-refractivity contribution >= 4 is 5.91 Å². The van der Waals surface area contributed by atoms with E-state index in [4.69, 9.17) is 9.47 Å². The molecule has 5 nitrogen and oxygen atoms in total. The molecule has 142 valence electrons. The summed E-state index contributed by atoms with van der Waals surface area (Å²) in [5, 5.41) is 3.10. The zero-order valence-electron chi connectivity index (χ0n) is 15.4. The zero-order valence-corrected chi connectivity index (χ0v) is 15.4. The Balaban J connectivity index is 1.17. The molecule has 3 aliphatic heterocycles. The minimum Gasteiger partial charge on any atom is -0.381 e. The van der Waals surface area contributed by atoms with Gasteiger partial charge in [-0.15, -0.1) is 0 Å². The lowest BCUT2D eigenvalue weighted by molar-refractivity contribution is -0.124. The highest BCUT2D eigenvalue weighted by Gasteiger charge is 2.42. The van der Waals surface area contributed by atoms with E-state index in [1.54, 1.807) is 0 Å². The van der Waals surface area contributed by atoms with E-state index in [1.807, 2.05) is 0 Å². The second-order valence-electron chi connectivity index (χ2n) is 8.04. The van der Waals surface area contributed by atoms with Gasteiger partial charge in [-0.2, -0.15) is 0 Å². The van der Waals surface area contributed by atoms with Crippen molar-refractivity contribution in [1.29, 1.82) is 0 Å². The van der Waals surface area contributed by atoms with E-state index in [-0.39, 0.29) is 12.0 Å². The molecule has 0 aromatic heterocycles. The molecule has 3 fully saturated rings. The average Bonchev–Trinajstić information content (AvgIpc) is 3.19. The van der Waals surface area contributed by atoms with Crippen molar-refractivity contribution in [3.63, 3.8) is 0 Å². The molecule has 1 amide bonds. The summed E-state index contributed by atoms with van der Waals surface area (Å²) in [6, 6.07) is 10.6. The van der Waals surface area contributed by atoms with Crippen LogP contribution < -0.4 is 5.32 Å². The van der Waals surface area contributed by atoms with Crippen molar-refractivity contribution in [2.45, 2.75) is 44.4 Å². The van der Waals surface area contributed by atoms with Gasteiger partial charge >= 0.3 is 0 Å². The Kier molecular flexibility index (Phi) is 5.88. The lowest BCUT2D eigenvalue weighted by Gasteiger charge is -2.22. The van der Waals surface area contributed by atoms with Crippen molar-refractivity contribution in [1.82, 2.24) is 10.2 Å². The normalized spacial score (nSPS) is 29.6. The Hall–Kier alpha value is -1.43. The van der Waals surface area contributed by atoms with Gasteiger partial charge in [-0.05, 0) is 30.7 Å². The van der Waals surface area contributed by atoms with E-state index in [9.17, 15) is 4.79 Å². The molecule has 0 radical (unpaired) electrons. The molecule has 4 rings (SSSR count). The third-order valence-corrected chi connectivity index (χ3v) is 5.98. The standard InChI is InChI=1S/C21H30N2O3/c24-21(22-12-16-6-8-25-9-7-16)11-19-10-18-14-23(15-20(18)26-19)13-17-4-2-1-3-5-17/h1-5,16,18-20H,6-15H2,(H,22,24)/t18-,19+,20+/m0/s1. The van der Waals surface area contributed by atoms with Crippen LogP contribution in [-0.4, -0.2) is 55.9 Å². The summed E-state index contributed by atoms with van der Waals surface area (Å²) in [5.41, 5.74) is 1.36. The molecule has 26 heavy (non-hydrogen) atoms. The number of fused-ring (bicyclic) bond motifs is 1. The SMILES string of the molecule is O=C(C[C@H]1C[C@H]2CN(Cc3ccccc3)C[C@H]2O1)NCC1CCOCC1. The third kappa shape index (κ3) is 4.64. The van der Waals surface area contributed by atoms with Crippen LogP contribution in [0, 0.1) is 11.8 Å². The van der Waals surface area contributed by atoms with Crippen LogP contribution in [0.4, 0.5) is 0 Å². The highest BCUT2D eigenvalue weighted by molar-refractivity contribution is 5.76. The van der Waals surface area contributed by atoms with Gasteiger partial charge in [0.2, 0.25) is 5.91 Å². The summed E-state index contributed by atoms with van der Waals surface area (Å²) in [4.78, 5) is 14.7. The van der Waals surface area contributed by atoms with E-state index in [1.165, 1.54) is 5.56 Å². The van der Waals surface area contributed by atoms with Crippen LogP contribution in [-0.2, 0) is 20.8 Å². The summed E-state index contributed by atoms with van der Waals surface area (Å²) < 4.78 is 11.6. The second-order valence-corrected chi connectivity index (χ2v) is 8.04.